The van der Waals surface area contributed by atoms with E-state index in [9.17, 15) is 4.79 Å². The zero-order valence-electron chi connectivity index (χ0n) is 14.2. The Bertz CT molecular complexity index is 619. The fourth-order valence-corrected chi connectivity index (χ4v) is 3.37. The molecule has 0 aromatic heterocycles. The summed E-state index contributed by atoms with van der Waals surface area (Å²) in [5.41, 5.74) is 2.54. The van der Waals surface area contributed by atoms with Crippen molar-refractivity contribution < 1.29 is 4.79 Å². The van der Waals surface area contributed by atoms with Crippen LogP contribution in [0.1, 0.15) is 29.9 Å². The predicted molar refractivity (Wildman–Crippen MR) is 98.0 cm³/mol. The standard InChI is InChI=1S/C21H26N2O/c24-21(23-14-7-12-22-13-15-23)17-20(19-10-5-2-6-11-19)16-18-8-3-1-4-9-18/h1-6,8-11,20,22H,7,12-17H2. The first-order chi connectivity index (χ1) is 11.8. The van der Waals surface area contributed by atoms with Crippen LogP contribution >= 0.6 is 0 Å². The Labute approximate surface area is 144 Å². The van der Waals surface area contributed by atoms with Crippen LogP contribution in [0.5, 0.6) is 0 Å². The molecule has 0 bridgehead atoms. The molecule has 0 aliphatic carbocycles. The largest absolute Gasteiger partial charge is 0.341 e. The topological polar surface area (TPSA) is 32.3 Å². The van der Waals surface area contributed by atoms with Gasteiger partial charge in [0.2, 0.25) is 5.91 Å². The van der Waals surface area contributed by atoms with E-state index in [1.807, 2.05) is 17.0 Å². The molecular formula is C21H26N2O. The second kappa shape index (κ2) is 8.65. The van der Waals surface area contributed by atoms with E-state index in [0.717, 1.165) is 39.0 Å². The molecule has 1 unspecified atom stereocenters. The van der Waals surface area contributed by atoms with Gasteiger partial charge >= 0.3 is 0 Å². The van der Waals surface area contributed by atoms with Crippen molar-refractivity contribution in [3.63, 3.8) is 0 Å². The van der Waals surface area contributed by atoms with Gasteiger partial charge in [-0.1, -0.05) is 60.7 Å². The van der Waals surface area contributed by atoms with Crippen LogP contribution in [0.15, 0.2) is 60.7 Å². The molecule has 1 aliphatic heterocycles. The molecule has 1 amide bonds. The predicted octanol–water partition coefficient (Wildman–Crippen LogP) is 3.22. The van der Waals surface area contributed by atoms with Crippen LogP contribution in [-0.2, 0) is 11.2 Å². The van der Waals surface area contributed by atoms with E-state index >= 15 is 0 Å². The number of benzene rings is 2. The van der Waals surface area contributed by atoms with Crippen molar-refractivity contribution >= 4 is 5.91 Å². The van der Waals surface area contributed by atoms with E-state index in [1.54, 1.807) is 0 Å². The van der Waals surface area contributed by atoms with Gasteiger partial charge in [0.05, 0.1) is 0 Å². The number of hydrogen-bond donors (Lipinski definition) is 1. The Morgan fingerprint density at radius 1 is 0.958 bits per heavy atom. The van der Waals surface area contributed by atoms with Crippen LogP contribution in [0, 0.1) is 0 Å². The van der Waals surface area contributed by atoms with Crippen LogP contribution in [-0.4, -0.2) is 37.0 Å². The first-order valence-electron chi connectivity index (χ1n) is 8.90. The summed E-state index contributed by atoms with van der Waals surface area (Å²) in [6.45, 7) is 3.61. The lowest BCUT2D eigenvalue weighted by Crippen LogP contribution is -2.35. The number of nitrogens with zero attached hydrogens (tertiary/aromatic N) is 1. The fraction of sp³-hybridized carbons (Fsp3) is 0.381. The van der Waals surface area contributed by atoms with Crippen molar-refractivity contribution in [3.8, 4) is 0 Å². The van der Waals surface area contributed by atoms with Gasteiger partial charge in [0.25, 0.3) is 0 Å². The first-order valence-corrected chi connectivity index (χ1v) is 8.90. The third-order valence-corrected chi connectivity index (χ3v) is 4.71. The molecule has 1 saturated heterocycles. The summed E-state index contributed by atoms with van der Waals surface area (Å²) in [5, 5.41) is 3.36. The maximum absolute atomic E-state index is 12.8. The van der Waals surface area contributed by atoms with Crippen molar-refractivity contribution in [3.05, 3.63) is 71.8 Å². The highest BCUT2D eigenvalue weighted by molar-refractivity contribution is 5.77. The van der Waals surface area contributed by atoms with Gasteiger partial charge in [-0.25, -0.2) is 0 Å². The lowest BCUT2D eigenvalue weighted by molar-refractivity contribution is -0.131. The quantitative estimate of drug-likeness (QED) is 0.917. The molecular weight excluding hydrogens is 296 g/mol. The second-order valence-corrected chi connectivity index (χ2v) is 6.49. The number of carbonyl (C=O) groups is 1. The van der Waals surface area contributed by atoms with Gasteiger partial charge in [0.15, 0.2) is 0 Å². The van der Waals surface area contributed by atoms with E-state index in [4.69, 9.17) is 0 Å². The van der Waals surface area contributed by atoms with Crippen molar-refractivity contribution in [2.24, 2.45) is 0 Å². The van der Waals surface area contributed by atoms with Crippen molar-refractivity contribution in [2.75, 3.05) is 26.2 Å². The van der Waals surface area contributed by atoms with Crippen molar-refractivity contribution in [2.45, 2.75) is 25.2 Å². The summed E-state index contributed by atoms with van der Waals surface area (Å²) in [7, 11) is 0. The molecule has 0 spiro atoms. The van der Waals surface area contributed by atoms with Crippen LogP contribution in [0.4, 0.5) is 0 Å². The minimum atomic E-state index is 0.234. The minimum absolute atomic E-state index is 0.234. The Balaban J connectivity index is 1.73. The number of hydrogen-bond acceptors (Lipinski definition) is 2. The van der Waals surface area contributed by atoms with Gasteiger partial charge in [-0.15, -0.1) is 0 Å². The fourth-order valence-electron chi connectivity index (χ4n) is 3.37. The molecule has 3 nitrogen and oxygen atoms in total. The third kappa shape index (κ3) is 4.68. The minimum Gasteiger partial charge on any atom is -0.341 e. The molecule has 1 fully saturated rings. The Hall–Kier alpha value is -2.13. The van der Waals surface area contributed by atoms with Crippen LogP contribution < -0.4 is 5.32 Å². The molecule has 1 aliphatic rings. The number of amides is 1. The summed E-state index contributed by atoms with van der Waals surface area (Å²) >= 11 is 0. The van der Waals surface area contributed by atoms with E-state index in [2.05, 4.69) is 53.8 Å². The Kier molecular flexibility index (Phi) is 6.02. The van der Waals surface area contributed by atoms with Crippen molar-refractivity contribution in [1.29, 1.82) is 0 Å². The highest BCUT2D eigenvalue weighted by Crippen LogP contribution is 2.25. The highest BCUT2D eigenvalue weighted by atomic mass is 16.2. The summed E-state index contributed by atoms with van der Waals surface area (Å²) in [5.74, 6) is 0.515. The van der Waals surface area contributed by atoms with Gasteiger partial charge < -0.3 is 10.2 Å². The Morgan fingerprint density at radius 2 is 1.67 bits per heavy atom. The van der Waals surface area contributed by atoms with Crippen LogP contribution in [0.2, 0.25) is 0 Å². The average Bonchev–Trinajstić information content (AvgIpc) is 2.92. The summed E-state index contributed by atoms with van der Waals surface area (Å²) in [6, 6.07) is 20.9. The lowest BCUT2D eigenvalue weighted by Gasteiger charge is -2.24. The van der Waals surface area contributed by atoms with E-state index in [1.165, 1.54) is 11.1 Å². The van der Waals surface area contributed by atoms with Gasteiger partial charge in [-0.2, -0.15) is 0 Å². The summed E-state index contributed by atoms with van der Waals surface area (Å²) < 4.78 is 0. The monoisotopic (exact) mass is 322 g/mol. The molecule has 1 atom stereocenters. The maximum atomic E-state index is 12.8. The molecule has 126 valence electrons. The smallest absolute Gasteiger partial charge is 0.223 e. The van der Waals surface area contributed by atoms with Crippen molar-refractivity contribution in [1.82, 2.24) is 10.2 Å². The van der Waals surface area contributed by atoms with Crippen LogP contribution in [0.25, 0.3) is 0 Å². The highest BCUT2D eigenvalue weighted by Gasteiger charge is 2.21. The molecule has 1 N–H and O–H groups in total. The average molecular weight is 322 g/mol. The number of rotatable bonds is 5. The molecule has 24 heavy (non-hydrogen) atoms. The molecule has 3 rings (SSSR count). The molecule has 0 radical (unpaired) electrons. The van der Waals surface area contributed by atoms with Gasteiger partial charge in [-0.3, -0.25) is 4.79 Å². The number of carbonyl (C=O) groups excluding carboxylic acids is 1. The van der Waals surface area contributed by atoms with Crippen LogP contribution in [0.3, 0.4) is 0 Å². The molecule has 0 saturated carbocycles. The first kappa shape index (κ1) is 16.7. The Morgan fingerprint density at radius 3 is 2.42 bits per heavy atom. The molecule has 2 aromatic rings. The number of nitrogens with one attached hydrogen (secondary N) is 1. The third-order valence-electron chi connectivity index (χ3n) is 4.71. The summed E-state index contributed by atoms with van der Waals surface area (Å²) in [6.07, 6.45) is 2.53. The molecule has 1 heterocycles. The molecule has 2 aromatic carbocycles. The SMILES string of the molecule is O=C(CC(Cc1ccccc1)c1ccccc1)N1CCCNCC1. The van der Waals surface area contributed by atoms with Gasteiger partial charge in [0, 0.05) is 26.1 Å². The van der Waals surface area contributed by atoms with E-state index in [-0.39, 0.29) is 11.8 Å². The zero-order chi connectivity index (χ0) is 16.6. The van der Waals surface area contributed by atoms with Gasteiger partial charge in [0.1, 0.15) is 0 Å². The lowest BCUT2D eigenvalue weighted by atomic mass is 9.89. The van der Waals surface area contributed by atoms with E-state index in [0.29, 0.717) is 6.42 Å². The maximum Gasteiger partial charge on any atom is 0.223 e. The second-order valence-electron chi connectivity index (χ2n) is 6.49. The van der Waals surface area contributed by atoms with Gasteiger partial charge in [-0.05, 0) is 36.4 Å². The zero-order valence-corrected chi connectivity index (χ0v) is 14.2. The van der Waals surface area contributed by atoms with E-state index < -0.39 is 0 Å². The summed E-state index contributed by atoms with van der Waals surface area (Å²) in [4.78, 5) is 14.9. The normalized spacial score (nSPS) is 16.4. The molecule has 3 heteroatoms.